The molecule has 0 radical (unpaired) electrons. The minimum atomic E-state index is 0.217. The molecule has 0 amide bonds. The van der Waals surface area contributed by atoms with Gasteiger partial charge in [-0.05, 0) is 30.9 Å². The standard InChI is InChI=1S/C19H28O2/c1-9-12-14(4)19(18(11-3)21-8)15(5)17(13-10-2)16(6)20-7/h1,10,13-14H,6,11-12H2,2-5,7-8H3/b13-10-,17-15-,19-18+. The first-order valence-electron chi connectivity index (χ1n) is 7.25. The number of hydrogen-bond donors (Lipinski definition) is 0. The van der Waals surface area contributed by atoms with E-state index >= 15 is 0 Å². The lowest BCUT2D eigenvalue weighted by molar-refractivity contribution is 0.271. The molecular formula is C19H28O2. The van der Waals surface area contributed by atoms with E-state index in [4.69, 9.17) is 15.9 Å². The van der Waals surface area contributed by atoms with Crippen LogP contribution >= 0.6 is 0 Å². The maximum Gasteiger partial charge on any atom is 0.119 e. The van der Waals surface area contributed by atoms with E-state index in [1.165, 1.54) is 0 Å². The maximum absolute atomic E-state index is 5.57. The summed E-state index contributed by atoms with van der Waals surface area (Å²) >= 11 is 0. The van der Waals surface area contributed by atoms with Crippen molar-refractivity contribution >= 4 is 0 Å². The summed E-state index contributed by atoms with van der Waals surface area (Å²) in [7, 11) is 3.33. The van der Waals surface area contributed by atoms with Gasteiger partial charge < -0.3 is 9.47 Å². The average molecular weight is 288 g/mol. The molecule has 116 valence electrons. The number of ether oxygens (including phenoxy) is 2. The Hall–Kier alpha value is -1.88. The van der Waals surface area contributed by atoms with Crippen LogP contribution in [0.1, 0.15) is 40.5 Å². The highest BCUT2D eigenvalue weighted by Gasteiger charge is 2.19. The predicted octanol–water partition coefficient (Wildman–Crippen LogP) is 5.01. The van der Waals surface area contributed by atoms with Gasteiger partial charge in [0.15, 0.2) is 0 Å². The maximum atomic E-state index is 5.57. The Labute approximate surface area is 130 Å². The Morgan fingerprint density at radius 2 is 1.95 bits per heavy atom. The molecule has 0 aliphatic heterocycles. The number of hydrogen-bond acceptors (Lipinski definition) is 2. The molecule has 1 unspecified atom stereocenters. The van der Waals surface area contributed by atoms with Crippen LogP contribution in [0.3, 0.4) is 0 Å². The van der Waals surface area contributed by atoms with Crippen LogP contribution in [0.2, 0.25) is 0 Å². The van der Waals surface area contributed by atoms with E-state index < -0.39 is 0 Å². The Kier molecular flexibility index (Phi) is 9.05. The summed E-state index contributed by atoms with van der Waals surface area (Å²) in [6.07, 6.45) is 11.0. The molecule has 2 heteroatoms. The van der Waals surface area contributed by atoms with Crippen LogP contribution in [0.25, 0.3) is 0 Å². The Morgan fingerprint density at radius 3 is 2.33 bits per heavy atom. The molecule has 0 aromatic rings. The van der Waals surface area contributed by atoms with Crippen LogP contribution in [0.4, 0.5) is 0 Å². The van der Waals surface area contributed by atoms with Crippen LogP contribution in [0.5, 0.6) is 0 Å². The van der Waals surface area contributed by atoms with Gasteiger partial charge in [-0.25, -0.2) is 0 Å². The third-order valence-corrected chi connectivity index (χ3v) is 3.47. The van der Waals surface area contributed by atoms with Gasteiger partial charge in [0.1, 0.15) is 5.76 Å². The van der Waals surface area contributed by atoms with Crippen molar-refractivity contribution in [2.24, 2.45) is 5.92 Å². The summed E-state index contributed by atoms with van der Waals surface area (Å²) in [5, 5.41) is 0. The SMILES string of the molecule is C#CCC(C)C(/C(C)=C(/C=C\C)C(=C)OC)=C(/CC)OC. The van der Waals surface area contributed by atoms with Crippen LogP contribution in [-0.4, -0.2) is 14.2 Å². The molecule has 0 spiro atoms. The van der Waals surface area contributed by atoms with Crippen molar-refractivity contribution < 1.29 is 9.47 Å². The molecule has 0 aliphatic carbocycles. The molecular weight excluding hydrogens is 260 g/mol. The fourth-order valence-electron chi connectivity index (χ4n) is 2.43. The summed E-state index contributed by atoms with van der Waals surface area (Å²) in [5.41, 5.74) is 3.22. The molecule has 0 aromatic heterocycles. The number of methoxy groups -OCH3 is 2. The summed E-state index contributed by atoms with van der Waals surface area (Å²) in [5.74, 6) is 4.55. The molecule has 0 rings (SSSR count). The zero-order valence-corrected chi connectivity index (χ0v) is 14.2. The first kappa shape index (κ1) is 19.1. The second kappa shape index (κ2) is 9.94. The van der Waals surface area contributed by atoms with Gasteiger partial charge in [-0.3, -0.25) is 0 Å². The molecule has 0 aromatic carbocycles. The van der Waals surface area contributed by atoms with Crippen molar-refractivity contribution in [2.75, 3.05) is 14.2 Å². The van der Waals surface area contributed by atoms with E-state index in [0.29, 0.717) is 12.2 Å². The third-order valence-electron chi connectivity index (χ3n) is 3.47. The Morgan fingerprint density at radius 1 is 1.33 bits per heavy atom. The van der Waals surface area contributed by atoms with Gasteiger partial charge in [0.25, 0.3) is 0 Å². The normalized spacial score (nSPS) is 14.9. The van der Waals surface area contributed by atoms with Gasteiger partial charge in [-0.15, -0.1) is 12.3 Å². The monoisotopic (exact) mass is 288 g/mol. The first-order chi connectivity index (χ1) is 9.98. The first-order valence-corrected chi connectivity index (χ1v) is 7.25. The average Bonchev–Trinajstić information content (AvgIpc) is 2.48. The van der Waals surface area contributed by atoms with Crippen LogP contribution in [0, 0.1) is 18.3 Å². The highest BCUT2D eigenvalue weighted by molar-refractivity contribution is 5.48. The fourth-order valence-corrected chi connectivity index (χ4v) is 2.43. The van der Waals surface area contributed by atoms with Crippen LogP contribution in [0.15, 0.2) is 47.0 Å². The molecule has 1 atom stereocenters. The lowest BCUT2D eigenvalue weighted by Gasteiger charge is -2.21. The lowest BCUT2D eigenvalue weighted by atomic mass is 9.87. The van der Waals surface area contributed by atoms with Gasteiger partial charge >= 0.3 is 0 Å². The molecule has 2 nitrogen and oxygen atoms in total. The van der Waals surface area contributed by atoms with E-state index in [1.807, 2.05) is 19.1 Å². The second-order valence-electron chi connectivity index (χ2n) is 4.87. The number of allylic oxidation sites excluding steroid dienone is 5. The minimum Gasteiger partial charge on any atom is -0.501 e. The van der Waals surface area contributed by atoms with Crippen LogP contribution in [-0.2, 0) is 9.47 Å². The molecule has 0 bridgehead atoms. The summed E-state index contributed by atoms with van der Waals surface area (Å²) in [6.45, 7) is 12.2. The van der Waals surface area contributed by atoms with Crippen molar-refractivity contribution in [2.45, 2.75) is 40.5 Å². The van der Waals surface area contributed by atoms with Gasteiger partial charge in [0, 0.05) is 18.4 Å². The molecule has 0 aliphatic rings. The van der Waals surface area contributed by atoms with E-state index in [2.05, 4.69) is 33.3 Å². The lowest BCUT2D eigenvalue weighted by Crippen LogP contribution is -2.08. The molecule has 0 N–H and O–H groups in total. The molecule has 21 heavy (non-hydrogen) atoms. The van der Waals surface area contributed by atoms with E-state index in [9.17, 15) is 0 Å². The van der Waals surface area contributed by atoms with Crippen molar-refractivity contribution in [3.8, 4) is 12.3 Å². The van der Waals surface area contributed by atoms with Gasteiger partial charge in [0.05, 0.1) is 20.0 Å². The topological polar surface area (TPSA) is 18.5 Å². The van der Waals surface area contributed by atoms with Crippen molar-refractivity contribution in [1.82, 2.24) is 0 Å². The van der Waals surface area contributed by atoms with Crippen molar-refractivity contribution in [1.29, 1.82) is 0 Å². The number of terminal acetylenes is 1. The van der Waals surface area contributed by atoms with Crippen LogP contribution < -0.4 is 0 Å². The number of rotatable bonds is 8. The highest BCUT2D eigenvalue weighted by Crippen LogP contribution is 2.32. The third kappa shape index (κ3) is 5.19. The zero-order chi connectivity index (χ0) is 16.4. The van der Waals surface area contributed by atoms with Gasteiger partial charge in [-0.2, -0.15) is 0 Å². The molecule has 0 saturated heterocycles. The van der Waals surface area contributed by atoms with E-state index in [0.717, 1.165) is 28.9 Å². The van der Waals surface area contributed by atoms with E-state index in [1.54, 1.807) is 14.2 Å². The quantitative estimate of drug-likeness (QED) is 0.355. The second-order valence-corrected chi connectivity index (χ2v) is 4.87. The smallest absolute Gasteiger partial charge is 0.119 e. The van der Waals surface area contributed by atoms with E-state index in [-0.39, 0.29) is 5.92 Å². The van der Waals surface area contributed by atoms with Gasteiger partial charge in [-0.1, -0.05) is 32.6 Å². The van der Waals surface area contributed by atoms with Crippen molar-refractivity contribution in [3.63, 3.8) is 0 Å². The molecule has 0 heterocycles. The Balaban J connectivity index is 6.20. The van der Waals surface area contributed by atoms with Gasteiger partial charge in [0.2, 0.25) is 0 Å². The van der Waals surface area contributed by atoms with Crippen molar-refractivity contribution in [3.05, 3.63) is 47.0 Å². The summed E-state index contributed by atoms with van der Waals surface area (Å²) < 4.78 is 10.9. The Bertz CT molecular complexity index is 478. The molecule has 0 saturated carbocycles. The fraction of sp³-hybridized carbons (Fsp3) is 0.474. The minimum absolute atomic E-state index is 0.217. The largest absolute Gasteiger partial charge is 0.501 e. The summed E-state index contributed by atoms with van der Waals surface area (Å²) in [4.78, 5) is 0. The molecule has 0 fully saturated rings. The zero-order valence-electron chi connectivity index (χ0n) is 14.2. The predicted molar refractivity (Wildman–Crippen MR) is 90.6 cm³/mol. The summed E-state index contributed by atoms with van der Waals surface area (Å²) in [6, 6.07) is 0. The highest BCUT2D eigenvalue weighted by atomic mass is 16.5.